The Labute approximate surface area is 177 Å². The first kappa shape index (κ1) is 22.6. The highest BCUT2D eigenvalue weighted by Gasteiger charge is 2.36. The van der Waals surface area contributed by atoms with Crippen molar-refractivity contribution >= 4 is 28.8 Å². The Kier molecular flexibility index (Phi) is 6.23. The lowest BCUT2D eigenvalue weighted by molar-refractivity contribution is -0.135. The third kappa shape index (κ3) is 5.15. The summed E-state index contributed by atoms with van der Waals surface area (Å²) in [4.78, 5) is 40.0. The van der Waals surface area contributed by atoms with Crippen molar-refractivity contribution in [1.82, 2.24) is 25.2 Å². The van der Waals surface area contributed by atoms with Crippen LogP contribution in [0.3, 0.4) is 0 Å². The highest BCUT2D eigenvalue weighted by atomic mass is 19.4. The lowest BCUT2D eigenvalue weighted by Crippen LogP contribution is -2.61. The predicted molar refractivity (Wildman–Crippen MR) is 110 cm³/mol. The van der Waals surface area contributed by atoms with Gasteiger partial charge in [0.1, 0.15) is 11.3 Å². The Morgan fingerprint density at radius 3 is 2.74 bits per heavy atom. The summed E-state index contributed by atoms with van der Waals surface area (Å²) in [5.74, 6) is -0.0973. The molecular formula is C20H25F3N6O2. The van der Waals surface area contributed by atoms with E-state index < -0.39 is 24.0 Å². The number of carbonyl (C=O) groups is 2. The minimum atomic E-state index is -4.25. The number of hydrogen-bond donors (Lipinski definition) is 2. The number of aromatic nitrogens is 3. The Morgan fingerprint density at radius 2 is 2.10 bits per heavy atom. The predicted octanol–water partition coefficient (Wildman–Crippen LogP) is 2.64. The lowest BCUT2D eigenvalue weighted by atomic mass is 9.98. The first-order valence-corrected chi connectivity index (χ1v) is 9.90. The summed E-state index contributed by atoms with van der Waals surface area (Å²) in [7, 11) is 0. The molecule has 0 spiro atoms. The molecule has 0 radical (unpaired) electrons. The molecule has 3 rings (SSSR count). The van der Waals surface area contributed by atoms with Crippen molar-refractivity contribution in [3.63, 3.8) is 0 Å². The zero-order chi connectivity index (χ0) is 22.8. The number of nitrogens with zero attached hydrogens (tertiary/aromatic N) is 4. The van der Waals surface area contributed by atoms with Crippen LogP contribution in [0.4, 0.5) is 19.0 Å². The molecule has 168 valence electrons. The molecule has 0 bridgehead atoms. The molecule has 2 amide bonds. The molecule has 8 nitrogen and oxygen atoms in total. The van der Waals surface area contributed by atoms with Crippen molar-refractivity contribution in [3.05, 3.63) is 30.6 Å². The molecular weight excluding hydrogens is 413 g/mol. The second kappa shape index (κ2) is 8.56. The van der Waals surface area contributed by atoms with Gasteiger partial charge >= 0.3 is 6.18 Å². The van der Waals surface area contributed by atoms with E-state index in [1.807, 2.05) is 18.7 Å². The lowest BCUT2D eigenvalue weighted by Gasteiger charge is -2.47. The van der Waals surface area contributed by atoms with E-state index in [0.717, 1.165) is 0 Å². The van der Waals surface area contributed by atoms with Crippen LogP contribution < -0.4 is 10.2 Å². The number of anilines is 1. The summed E-state index contributed by atoms with van der Waals surface area (Å²) in [5, 5.41) is 2.49. The van der Waals surface area contributed by atoms with Crippen molar-refractivity contribution in [1.29, 1.82) is 0 Å². The summed E-state index contributed by atoms with van der Waals surface area (Å²) in [6.07, 6.45) is -1.08. The van der Waals surface area contributed by atoms with Crippen molar-refractivity contribution in [2.24, 2.45) is 0 Å². The van der Waals surface area contributed by atoms with Gasteiger partial charge in [0.05, 0.1) is 17.3 Å². The van der Waals surface area contributed by atoms with E-state index in [1.54, 1.807) is 11.1 Å². The third-order valence-electron chi connectivity index (χ3n) is 5.20. The number of aromatic amines is 1. The van der Waals surface area contributed by atoms with Gasteiger partial charge in [-0.1, -0.05) is 6.58 Å². The van der Waals surface area contributed by atoms with Crippen LogP contribution in [0.5, 0.6) is 0 Å². The van der Waals surface area contributed by atoms with Crippen LogP contribution in [0.2, 0.25) is 0 Å². The summed E-state index contributed by atoms with van der Waals surface area (Å²) >= 11 is 0. The van der Waals surface area contributed by atoms with Crippen LogP contribution >= 0.6 is 0 Å². The highest BCUT2D eigenvalue weighted by molar-refractivity contribution is 6.04. The van der Waals surface area contributed by atoms with Gasteiger partial charge in [0, 0.05) is 38.8 Å². The van der Waals surface area contributed by atoms with Crippen LogP contribution in [0.1, 0.15) is 37.0 Å². The number of hydrogen-bond acceptors (Lipinski definition) is 5. The van der Waals surface area contributed by atoms with E-state index in [-0.39, 0.29) is 24.4 Å². The summed E-state index contributed by atoms with van der Waals surface area (Å²) in [6, 6.07) is 0. The second-order valence-electron chi connectivity index (χ2n) is 8.03. The maximum absolute atomic E-state index is 12.4. The first-order valence-electron chi connectivity index (χ1n) is 9.90. The van der Waals surface area contributed by atoms with E-state index in [0.29, 0.717) is 36.6 Å². The number of fused-ring (bicyclic) bond motifs is 1. The minimum Gasteiger partial charge on any atom is -0.352 e. The fourth-order valence-corrected chi connectivity index (χ4v) is 3.66. The number of H-pyrrole nitrogens is 1. The maximum atomic E-state index is 12.4. The molecule has 1 aliphatic heterocycles. The van der Waals surface area contributed by atoms with Gasteiger partial charge in [0.15, 0.2) is 5.65 Å². The summed E-state index contributed by atoms with van der Waals surface area (Å²) < 4.78 is 36.8. The van der Waals surface area contributed by atoms with Gasteiger partial charge in [0.2, 0.25) is 5.91 Å². The monoisotopic (exact) mass is 438 g/mol. The zero-order valence-electron chi connectivity index (χ0n) is 17.4. The number of halogens is 3. The number of nitrogens with one attached hydrogen (secondary N) is 2. The Balaban J connectivity index is 1.74. The Hall–Kier alpha value is -3.11. The fraction of sp³-hybridized carbons (Fsp3) is 0.500. The molecule has 0 unspecified atom stereocenters. The average Bonchev–Trinajstić information content (AvgIpc) is 3.12. The molecule has 1 fully saturated rings. The van der Waals surface area contributed by atoms with Gasteiger partial charge < -0.3 is 20.1 Å². The number of piperazine rings is 1. The minimum absolute atomic E-state index is 0.0916. The second-order valence-corrected chi connectivity index (χ2v) is 8.03. The number of alkyl halides is 3. The van der Waals surface area contributed by atoms with Crippen LogP contribution in [-0.2, 0) is 4.79 Å². The van der Waals surface area contributed by atoms with Crippen LogP contribution in [0.25, 0.3) is 11.2 Å². The van der Waals surface area contributed by atoms with Gasteiger partial charge in [-0.25, -0.2) is 9.97 Å². The van der Waals surface area contributed by atoms with Crippen molar-refractivity contribution in [3.8, 4) is 0 Å². The van der Waals surface area contributed by atoms with Gasteiger partial charge in [-0.05, 0) is 26.3 Å². The molecule has 2 aromatic heterocycles. The number of amides is 2. The van der Waals surface area contributed by atoms with E-state index >= 15 is 0 Å². The fourth-order valence-electron chi connectivity index (χ4n) is 3.66. The van der Waals surface area contributed by atoms with Crippen LogP contribution in [-0.4, -0.2) is 69.6 Å². The standard InChI is InChI=1S/C20H25F3N6O2/c1-4-15(30)29-9-8-28(12-19(29,2)3)14-11-26-17-16(27-14)13(10-25-17)18(31)24-7-5-6-20(21,22)23/h4,10-11H,1,5-9,12H2,2-3H3,(H,24,31)(H,25,26). The summed E-state index contributed by atoms with van der Waals surface area (Å²) in [6.45, 7) is 8.88. The SMILES string of the molecule is C=CC(=O)N1CCN(c2cnc3[nH]cc(C(=O)NCCCC(F)(F)F)c3n2)CC1(C)C. The highest BCUT2D eigenvalue weighted by Crippen LogP contribution is 2.26. The molecule has 0 saturated carbocycles. The first-order chi connectivity index (χ1) is 14.5. The largest absolute Gasteiger partial charge is 0.389 e. The van der Waals surface area contributed by atoms with Crippen LogP contribution in [0.15, 0.2) is 25.0 Å². The van der Waals surface area contributed by atoms with Crippen molar-refractivity contribution in [2.75, 3.05) is 31.1 Å². The Bertz CT molecular complexity index is 985. The summed E-state index contributed by atoms with van der Waals surface area (Å²) in [5.41, 5.74) is 0.505. The van der Waals surface area contributed by atoms with Gasteiger partial charge in [0.25, 0.3) is 5.91 Å². The molecule has 11 heteroatoms. The number of rotatable bonds is 6. The number of carbonyl (C=O) groups excluding carboxylic acids is 2. The van der Waals surface area contributed by atoms with E-state index in [1.165, 1.54) is 12.3 Å². The molecule has 3 heterocycles. The van der Waals surface area contributed by atoms with Crippen molar-refractivity contribution in [2.45, 2.75) is 38.4 Å². The molecule has 31 heavy (non-hydrogen) atoms. The normalized spacial score (nSPS) is 16.4. The van der Waals surface area contributed by atoms with Gasteiger partial charge in [-0.3, -0.25) is 9.59 Å². The zero-order valence-corrected chi connectivity index (χ0v) is 17.4. The van der Waals surface area contributed by atoms with Crippen molar-refractivity contribution < 1.29 is 22.8 Å². The topological polar surface area (TPSA) is 94.2 Å². The van der Waals surface area contributed by atoms with Gasteiger partial charge in [-0.2, -0.15) is 13.2 Å². The smallest absolute Gasteiger partial charge is 0.352 e. The van der Waals surface area contributed by atoms with Crippen LogP contribution in [0, 0.1) is 0 Å². The molecule has 1 aliphatic rings. The quantitative estimate of drug-likeness (QED) is 0.534. The maximum Gasteiger partial charge on any atom is 0.389 e. The molecule has 0 aromatic carbocycles. The Morgan fingerprint density at radius 1 is 1.35 bits per heavy atom. The molecule has 1 saturated heterocycles. The molecule has 2 N–H and O–H groups in total. The van der Waals surface area contributed by atoms with E-state index in [9.17, 15) is 22.8 Å². The van der Waals surface area contributed by atoms with E-state index in [2.05, 4.69) is 26.8 Å². The van der Waals surface area contributed by atoms with Gasteiger partial charge in [-0.15, -0.1) is 0 Å². The third-order valence-corrected chi connectivity index (χ3v) is 5.20. The molecule has 2 aromatic rings. The average molecular weight is 438 g/mol. The van der Waals surface area contributed by atoms with E-state index in [4.69, 9.17) is 0 Å². The molecule has 0 aliphatic carbocycles. The molecule has 0 atom stereocenters.